The van der Waals surface area contributed by atoms with Crippen molar-refractivity contribution in [1.29, 1.82) is 0 Å². The summed E-state index contributed by atoms with van der Waals surface area (Å²) < 4.78 is 18.6. The van der Waals surface area contributed by atoms with Crippen LogP contribution in [-0.4, -0.2) is 16.8 Å². The molecule has 5 nitrogen and oxygen atoms in total. The van der Waals surface area contributed by atoms with Crippen LogP contribution in [0.25, 0.3) is 0 Å². The maximum atomic E-state index is 13.0. The van der Waals surface area contributed by atoms with Crippen LogP contribution in [0.4, 0.5) is 10.1 Å². The molecule has 0 bridgehead atoms. The lowest BCUT2D eigenvalue weighted by molar-refractivity contribution is -0.386. The number of rotatable bonds is 4. The van der Waals surface area contributed by atoms with E-state index in [1.165, 1.54) is 6.07 Å². The summed E-state index contributed by atoms with van der Waals surface area (Å²) in [6.45, 7) is 3.64. The lowest BCUT2D eigenvalue weighted by Gasteiger charge is -2.43. The second-order valence-electron chi connectivity index (χ2n) is 4.87. The first-order valence-electron chi connectivity index (χ1n) is 6.02. The summed E-state index contributed by atoms with van der Waals surface area (Å²) in [5, 5.41) is 10.8. The zero-order chi connectivity index (χ0) is 14.2. The molecule has 0 amide bonds. The molecule has 0 N–H and O–H groups in total. The highest BCUT2D eigenvalue weighted by atomic mass is 19.1. The van der Waals surface area contributed by atoms with Crippen molar-refractivity contribution in [3.63, 3.8) is 0 Å². The van der Waals surface area contributed by atoms with Crippen molar-refractivity contribution in [1.82, 2.24) is 0 Å². The number of nitrogens with zero attached hydrogens (tertiary/aromatic N) is 1. The number of nitro benzene ring substituents is 1. The van der Waals surface area contributed by atoms with Crippen molar-refractivity contribution in [3.05, 3.63) is 34.1 Å². The van der Waals surface area contributed by atoms with Gasteiger partial charge in [-0.3, -0.25) is 14.9 Å². The van der Waals surface area contributed by atoms with Gasteiger partial charge in [0.05, 0.1) is 16.4 Å². The number of Topliss-reactive ketones (excluding diaryl/α,β-unsaturated/α-hetero) is 1. The third kappa shape index (κ3) is 2.18. The summed E-state index contributed by atoms with van der Waals surface area (Å²) in [5.41, 5.74) is -1.03. The van der Waals surface area contributed by atoms with Crippen molar-refractivity contribution in [2.75, 3.05) is 0 Å². The molecule has 2 unspecified atom stereocenters. The van der Waals surface area contributed by atoms with Gasteiger partial charge in [-0.05, 0) is 25.5 Å². The van der Waals surface area contributed by atoms with Gasteiger partial charge in [-0.15, -0.1) is 0 Å². The summed E-state index contributed by atoms with van der Waals surface area (Å²) in [6, 6.07) is 3.15. The molecular formula is C13H14FNO4. The maximum Gasteiger partial charge on any atom is 0.313 e. The number of nitro groups is 1. The summed E-state index contributed by atoms with van der Waals surface area (Å²) in [6.07, 6.45) is 0.443. The van der Waals surface area contributed by atoms with Crippen LogP contribution in [0.3, 0.4) is 0 Å². The molecule has 102 valence electrons. The van der Waals surface area contributed by atoms with E-state index in [0.29, 0.717) is 6.42 Å². The second-order valence-corrected chi connectivity index (χ2v) is 4.87. The van der Waals surface area contributed by atoms with E-state index in [1.54, 1.807) is 6.92 Å². The number of ether oxygens (including phenoxy) is 1. The van der Waals surface area contributed by atoms with Gasteiger partial charge in [-0.2, -0.15) is 0 Å². The highest BCUT2D eigenvalue weighted by molar-refractivity contribution is 5.92. The fourth-order valence-corrected chi connectivity index (χ4v) is 2.16. The molecule has 2 atom stereocenters. The van der Waals surface area contributed by atoms with Crippen LogP contribution in [0, 0.1) is 21.3 Å². The fourth-order valence-electron chi connectivity index (χ4n) is 2.16. The van der Waals surface area contributed by atoms with Gasteiger partial charge >= 0.3 is 5.69 Å². The molecule has 0 radical (unpaired) electrons. The Balaban J connectivity index is 2.25. The number of ketones is 1. The van der Waals surface area contributed by atoms with E-state index in [9.17, 15) is 19.3 Å². The molecule has 0 aliphatic heterocycles. The van der Waals surface area contributed by atoms with Gasteiger partial charge in [0.1, 0.15) is 17.7 Å². The minimum Gasteiger partial charge on any atom is -0.482 e. The fraction of sp³-hybridized carbons (Fsp3) is 0.462. The van der Waals surface area contributed by atoms with E-state index < -0.39 is 27.9 Å². The van der Waals surface area contributed by atoms with Gasteiger partial charge < -0.3 is 4.74 Å². The Hall–Kier alpha value is -1.98. The minimum atomic E-state index is -0.693. The molecule has 1 saturated carbocycles. The van der Waals surface area contributed by atoms with E-state index in [2.05, 4.69) is 0 Å². The maximum absolute atomic E-state index is 13.0. The molecule has 1 aromatic rings. The molecule has 19 heavy (non-hydrogen) atoms. The smallest absolute Gasteiger partial charge is 0.313 e. The van der Waals surface area contributed by atoms with Crippen LogP contribution in [0.5, 0.6) is 5.75 Å². The molecule has 0 saturated heterocycles. The predicted molar refractivity (Wildman–Crippen MR) is 65.5 cm³/mol. The number of carbonyl (C=O) groups excluding carboxylic acids is 1. The van der Waals surface area contributed by atoms with Gasteiger partial charge in [0.25, 0.3) is 0 Å². The summed E-state index contributed by atoms with van der Waals surface area (Å²) in [4.78, 5) is 21.7. The number of hydrogen-bond donors (Lipinski definition) is 0. The molecule has 2 rings (SSSR count). The lowest BCUT2D eigenvalue weighted by Crippen LogP contribution is -2.54. The van der Waals surface area contributed by atoms with Crippen LogP contribution >= 0.6 is 0 Å². The minimum absolute atomic E-state index is 0.00331. The average Bonchev–Trinajstić information content (AvgIpc) is 2.38. The quantitative estimate of drug-likeness (QED) is 0.621. The number of halogens is 1. The summed E-state index contributed by atoms with van der Waals surface area (Å²) >= 11 is 0. The largest absolute Gasteiger partial charge is 0.482 e. The van der Waals surface area contributed by atoms with Crippen molar-refractivity contribution in [2.45, 2.75) is 32.8 Å². The van der Waals surface area contributed by atoms with Crippen LogP contribution in [-0.2, 0) is 4.79 Å². The van der Waals surface area contributed by atoms with Crippen molar-refractivity contribution in [2.24, 2.45) is 5.41 Å². The Morgan fingerprint density at radius 3 is 2.79 bits per heavy atom. The van der Waals surface area contributed by atoms with Crippen LogP contribution in [0.1, 0.15) is 26.7 Å². The van der Waals surface area contributed by atoms with Crippen molar-refractivity contribution < 1.29 is 18.8 Å². The first kappa shape index (κ1) is 13.5. The molecule has 1 aliphatic carbocycles. The number of benzene rings is 1. The van der Waals surface area contributed by atoms with E-state index in [1.807, 2.05) is 6.92 Å². The zero-order valence-corrected chi connectivity index (χ0v) is 10.7. The number of carbonyl (C=O) groups is 1. The zero-order valence-electron chi connectivity index (χ0n) is 10.7. The second kappa shape index (κ2) is 4.60. The first-order chi connectivity index (χ1) is 8.88. The third-order valence-electron chi connectivity index (χ3n) is 3.84. The summed E-state index contributed by atoms with van der Waals surface area (Å²) in [5.74, 6) is -0.602. The SMILES string of the molecule is CCC1(C)C(=O)CC1Oc1ccc(F)cc1[N+](=O)[O-]. The highest BCUT2D eigenvalue weighted by Crippen LogP contribution is 2.43. The molecule has 1 fully saturated rings. The van der Waals surface area contributed by atoms with E-state index in [0.717, 1.165) is 12.1 Å². The Kier molecular flexibility index (Phi) is 3.26. The van der Waals surface area contributed by atoms with Gasteiger partial charge in [-0.1, -0.05) is 6.92 Å². The van der Waals surface area contributed by atoms with Gasteiger partial charge in [0, 0.05) is 6.42 Å². The van der Waals surface area contributed by atoms with E-state index in [4.69, 9.17) is 4.74 Å². The van der Waals surface area contributed by atoms with Gasteiger partial charge in [-0.25, -0.2) is 4.39 Å². The van der Waals surface area contributed by atoms with Gasteiger partial charge in [0.15, 0.2) is 5.75 Å². The van der Waals surface area contributed by atoms with E-state index in [-0.39, 0.29) is 18.0 Å². The normalized spacial score (nSPS) is 25.8. The van der Waals surface area contributed by atoms with Crippen molar-refractivity contribution >= 4 is 11.5 Å². The Bertz CT molecular complexity index is 545. The first-order valence-corrected chi connectivity index (χ1v) is 6.02. The Morgan fingerprint density at radius 2 is 2.26 bits per heavy atom. The monoisotopic (exact) mass is 267 g/mol. The van der Waals surface area contributed by atoms with Crippen LogP contribution in [0.2, 0.25) is 0 Å². The van der Waals surface area contributed by atoms with Gasteiger partial charge in [0.2, 0.25) is 0 Å². The van der Waals surface area contributed by atoms with Crippen LogP contribution in [0.15, 0.2) is 18.2 Å². The van der Waals surface area contributed by atoms with Crippen molar-refractivity contribution in [3.8, 4) is 5.75 Å². The molecular weight excluding hydrogens is 253 g/mol. The topological polar surface area (TPSA) is 69.4 Å². The average molecular weight is 267 g/mol. The third-order valence-corrected chi connectivity index (χ3v) is 3.84. The summed E-state index contributed by atoms with van der Waals surface area (Å²) in [7, 11) is 0. The standard InChI is InChI=1S/C13H14FNO4/c1-3-13(2)11(16)7-12(13)19-10-5-4-8(14)6-9(10)15(17)18/h4-6,12H,3,7H2,1-2H3. The molecule has 1 aromatic carbocycles. The Labute approximate surface area is 109 Å². The Morgan fingerprint density at radius 1 is 1.58 bits per heavy atom. The molecule has 6 heteroatoms. The highest BCUT2D eigenvalue weighted by Gasteiger charge is 2.52. The predicted octanol–water partition coefficient (Wildman–Crippen LogP) is 2.87. The molecule has 1 aliphatic rings. The lowest BCUT2D eigenvalue weighted by atomic mass is 9.64. The number of hydrogen-bond acceptors (Lipinski definition) is 4. The molecule has 0 spiro atoms. The van der Waals surface area contributed by atoms with E-state index >= 15 is 0 Å². The molecule has 0 heterocycles. The molecule has 0 aromatic heterocycles. The van der Waals surface area contributed by atoms with Crippen LogP contribution < -0.4 is 4.74 Å².